The second-order valence-corrected chi connectivity index (χ2v) is 5.24. The van der Waals surface area contributed by atoms with E-state index < -0.39 is 0 Å². The number of aromatic nitrogens is 2. The molecule has 4 N–H and O–H groups in total. The molecule has 0 saturated carbocycles. The third-order valence-electron chi connectivity index (χ3n) is 2.44. The highest BCUT2D eigenvalue weighted by molar-refractivity contribution is 9.10. The Bertz CT molecular complexity index is 571. The molecule has 0 unspecified atom stereocenters. The molecule has 0 atom stereocenters. The Morgan fingerprint density at radius 1 is 1.16 bits per heavy atom. The van der Waals surface area contributed by atoms with Crippen LogP contribution in [0.4, 0.5) is 23.0 Å². The summed E-state index contributed by atoms with van der Waals surface area (Å²) in [5.41, 5.74) is 7.48. The van der Waals surface area contributed by atoms with Crippen LogP contribution in [0.2, 0.25) is 0 Å². The van der Waals surface area contributed by atoms with E-state index in [0.717, 1.165) is 10.2 Å². The van der Waals surface area contributed by atoms with Gasteiger partial charge in [0.25, 0.3) is 0 Å². The van der Waals surface area contributed by atoms with Crippen molar-refractivity contribution in [1.29, 1.82) is 0 Å². The smallest absolute Gasteiger partial charge is 0.159 e. The van der Waals surface area contributed by atoms with Crippen LogP contribution in [-0.4, -0.2) is 16.0 Å². The van der Waals surface area contributed by atoms with Crippen LogP contribution >= 0.6 is 15.9 Å². The van der Waals surface area contributed by atoms with E-state index in [-0.39, 0.29) is 6.04 Å². The molecule has 2 rings (SSSR count). The molecule has 0 radical (unpaired) electrons. The lowest BCUT2D eigenvalue weighted by atomic mass is 10.3. The van der Waals surface area contributed by atoms with Crippen molar-refractivity contribution in [3.8, 4) is 0 Å². The van der Waals surface area contributed by atoms with Crippen molar-refractivity contribution >= 4 is 38.9 Å². The lowest BCUT2D eigenvalue weighted by molar-refractivity contribution is 0.887. The molecule has 1 aromatic carbocycles. The van der Waals surface area contributed by atoms with E-state index in [4.69, 9.17) is 5.73 Å². The lowest BCUT2D eigenvalue weighted by Crippen LogP contribution is -2.14. The number of benzene rings is 1. The Hall–Kier alpha value is -1.82. The number of halogens is 1. The second kappa shape index (κ2) is 5.88. The molecule has 0 aliphatic carbocycles. The normalized spacial score (nSPS) is 10.5. The number of hydrogen-bond donors (Lipinski definition) is 3. The van der Waals surface area contributed by atoms with Crippen molar-refractivity contribution < 1.29 is 0 Å². The molecule has 0 bridgehead atoms. The Kier molecular flexibility index (Phi) is 4.21. The quantitative estimate of drug-likeness (QED) is 0.804. The van der Waals surface area contributed by atoms with Gasteiger partial charge in [-0.1, -0.05) is 12.1 Å². The molecule has 0 aliphatic rings. The number of anilines is 4. The summed E-state index contributed by atoms with van der Waals surface area (Å²) >= 11 is 3.47. The number of nitrogens with two attached hydrogens (primary N) is 1. The first-order valence-electron chi connectivity index (χ1n) is 5.96. The van der Waals surface area contributed by atoms with Gasteiger partial charge in [-0.15, -0.1) is 0 Å². The van der Waals surface area contributed by atoms with Crippen LogP contribution in [-0.2, 0) is 0 Å². The largest absolute Gasteiger partial charge is 0.393 e. The molecular formula is C13H16BrN5. The molecule has 19 heavy (non-hydrogen) atoms. The summed E-state index contributed by atoms with van der Waals surface area (Å²) in [6, 6.07) is 8.05. The maximum atomic E-state index is 6.06. The fourth-order valence-electron chi connectivity index (χ4n) is 1.57. The standard InChI is InChI=1S/C13H16BrN5/c1-8(2)18-12-11(15)13(17-7-16-12)19-10-6-4-3-5-9(10)14/h3-8H,15H2,1-2H3,(H2,16,17,18,19). The van der Waals surface area contributed by atoms with Crippen molar-refractivity contribution in [2.45, 2.75) is 19.9 Å². The van der Waals surface area contributed by atoms with E-state index in [0.29, 0.717) is 17.3 Å². The fraction of sp³-hybridized carbons (Fsp3) is 0.231. The summed E-state index contributed by atoms with van der Waals surface area (Å²) in [6.45, 7) is 4.06. The zero-order valence-electron chi connectivity index (χ0n) is 10.8. The van der Waals surface area contributed by atoms with E-state index in [2.05, 4.69) is 36.5 Å². The van der Waals surface area contributed by atoms with Gasteiger partial charge < -0.3 is 16.4 Å². The SMILES string of the molecule is CC(C)Nc1ncnc(Nc2ccccc2Br)c1N. The number of para-hydroxylation sites is 1. The van der Waals surface area contributed by atoms with Crippen molar-refractivity contribution in [2.24, 2.45) is 0 Å². The van der Waals surface area contributed by atoms with Crippen LogP contribution in [0.1, 0.15) is 13.8 Å². The first-order valence-corrected chi connectivity index (χ1v) is 6.75. The highest BCUT2D eigenvalue weighted by atomic mass is 79.9. The third kappa shape index (κ3) is 3.35. The average molecular weight is 322 g/mol. The minimum atomic E-state index is 0.258. The highest BCUT2D eigenvalue weighted by Crippen LogP contribution is 2.29. The fourth-order valence-corrected chi connectivity index (χ4v) is 1.96. The highest BCUT2D eigenvalue weighted by Gasteiger charge is 2.10. The van der Waals surface area contributed by atoms with Crippen LogP contribution in [0.3, 0.4) is 0 Å². The van der Waals surface area contributed by atoms with Gasteiger partial charge in [0, 0.05) is 10.5 Å². The summed E-state index contributed by atoms with van der Waals surface area (Å²) in [7, 11) is 0. The Labute approximate surface area is 120 Å². The van der Waals surface area contributed by atoms with Gasteiger partial charge in [-0.25, -0.2) is 9.97 Å². The van der Waals surface area contributed by atoms with Gasteiger partial charge in [-0.05, 0) is 41.9 Å². The molecular weight excluding hydrogens is 306 g/mol. The zero-order valence-corrected chi connectivity index (χ0v) is 12.4. The summed E-state index contributed by atoms with van der Waals surface area (Å²) in [5.74, 6) is 1.23. The monoisotopic (exact) mass is 321 g/mol. The van der Waals surface area contributed by atoms with Crippen LogP contribution < -0.4 is 16.4 Å². The van der Waals surface area contributed by atoms with Gasteiger partial charge in [0.05, 0.1) is 5.69 Å². The van der Waals surface area contributed by atoms with E-state index in [9.17, 15) is 0 Å². The Morgan fingerprint density at radius 2 is 1.84 bits per heavy atom. The maximum absolute atomic E-state index is 6.06. The number of nitrogens with one attached hydrogen (secondary N) is 2. The van der Waals surface area contributed by atoms with Gasteiger partial charge >= 0.3 is 0 Å². The molecule has 2 aromatic rings. The Morgan fingerprint density at radius 3 is 2.53 bits per heavy atom. The molecule has 6 heteroatoms. The minimum absolute atomic E-state index is 0.258. The summed E-state index contributed by atoms with van der Waals surface area (Å²) in [5, 5.41) is 6.38. The minimum Gasteiger partial charge on any atom is -0.393 e. The van der Waals surface area contributed by atoms with Crippen molar-refractivity contribution in [3.63, 3.8) is 0 Å². The predicted octanol–water partition coefficient (Wildman–Crippen LogP) is 3.39. The zero-order chi connectivity index (χ0) is 13.8. The topological polar surface area (TPSA) is 75.9 Å². The van der Waals surface area contributed by atoms with Gasteiger partial charge in [0.2, 0.25) is 0 Å². The number of hydrogen-bond acceptors (Lipinski definition) is 5. The van der Waals surface area contributed by atoms with Gasteiger partial charge in [-0.2, -0.15) is 0 Å². The molecule has 0 fully saturated rings. The molecule has 100 valence electrons. The summed E-state index contributed by atoms with van der Waals surface area (Å²) in [6.07, 6.45) is 1.49. The lowest BCUT2D eigenvalue weighted by Gasteiger charge is -2.14. The van der Waals surface area contributed by atoms with Crippen LogP contribution in [0, 0.1) is 0 Å². The van der Waals surface area contributed by atoms with Crippen molar-refractivity contribution in [3.05, 3.63) is 35.1 Å². The third-order valence-corrected chi connectivity index (χ3v) is 3.13. The van der Waals surface area contributed by atoms with Gasteiger partial charge in [-0.3, -0.25) is 0 Å². The van der Waals surface area contributed by atoms with Crippen molar-refractivity contribution in [2.75, 3.05) is 16.4 Å². The van der Waals surface area contributed by atoms with Crippen molar-refractivity contribution in [1.82, 2.24) is 9.97 Å². The molecule has 0 amide bonds. The summed E-state index contributed by atoms with van der Waals surface area (Å²) < 4.78 is 0.950. The Balaban J connectivity index is 2.28. The number of nitrogens with zero attached hydrogens (tertiary/aromatic N) is 2. The van der Waals surface area contributed by atoms with Gasteiger partial charge in [0.15, 0.2) is 11.6 Å². The molecule has 1 aromatic heterocycles. The van der Waals surface area contributed by atoms with Crippen LogP contribution in [0.25, 0.3) is 0 Å². The first-order chi connectivity index (χ1) is 9.08. The van der Waals surface area contributed by atoms with E-state index in [1.54, 1.807) is 0 Å². The van der Waals surface area contributed by atoms with E-state index >= 15 is 0 Å². The summed E-state index contributed by atoms with van der Waals surface area (Å²) in [4.78, 5) is 8.32. The van der Waals surface area contributed by atoms with Gasteiger partial charge in [0.1, 0.15) is 12.0 Å². The number of nitrogen functional groups attached to an aromatic ring is 1. The molecule has 1 heterocycles. The number of rotatable bonds is 4. The molecule has 0 aliphatic heterocycles. The van der Waals surface area contributed by atoms with Crippen LogP contribution in [0.5, 0.6) is 0 Å². The molecule has 0 spiro atoms. The maximum Gasteiger partial charge on any atom is 0.159 e. The van der Waals surface area contributed by atoms with E-state index in [1.807, 2.05) is 38.1 Å². The molecule has 5 nitrogen and oxygen atoms in total. The average Bonchev–Trinajstić information content (AvgIpc) is 2.36. The predicted molar refractivity (Wildman–Crippen MR) is 82.6 cm³/mol. The first kappa shape index (κ1) is 13.6. The second-order valence-electron chi connectivity index (χ2n) is 4.39. The molecule has 0 saturated heterocycles. The van der Waals surface area contributed by atoms with E-state index in [1.165, 1.54) is 6.33 Å². The van der Waals surface area contributed by atoms with Crippen LogP contribution in [0.15, 0.2) is 35.1 Å².